The highest BCUT2D eigenvalue weighted by atomic mass is 19.3. The molecule has 1 heterocycles. The number of alkyl halides is 2. The summed E-state index contributed by atoms with van der Waals surface area (Å²) in [6.07, 6.45) is -3.07. The summed E-state index contributed by atoms with van der Waals surface area (Å²) < 4.78 is 29.6. The first-order valence-electron chi connectivity index (χ1n) is 4.83. The lowest BCUT2D eigenvalue weighted by Gasteiger charge is -2.07. The fourth-order valence-corrected chi connectivity index (χ4v) is 1.41. The molecule has 7 nitrogen and oxygen atoms in total. The first kappa shape index (κ1) is 14.4. The smallest absolute Gasteiger partial charge is 0.310 e. The average molecular weight is 271 g/mol. The van der Waals surface area contributed by atoms with Crippen molar-refractivity contribution in [3.05, 3.63) is 33.1 Å². The Labute approximate surface area is 105 Å². The van der Waals surface area contributed by atoms with Crippen LogP contribution < -0.4 is 0 Å². The largest absolute Gasteiger partial charge is 0.469 e. The molecule has 0 unspecified atom stereocenters. The fourth-order valence-electron chi connectivity index (χ4n) is 1.41. The third-order valence-electron chi connectivity index (χ3n) is 2.24. The Hall–Kier alpha value is -2.63. The van der Waals surface area contributed by atoms with Crippen LogP contribution in [0.5, 0.6) is 0 Å². The van der Waals surface area contributed by atoms with E-state index < -0.39 is 40.7 Å². The molecule has 100 valence electrons. The van der Waals surface area contributed by atoms with E-state index in [0.717, 1.165) is 13.3 Å². The van der Waals surface area contributed by atoms with Crippen molar-refractivity contribution in [3.8, 4) is 6.07 Å². The molecule has 0 fully saturated rings. The molecule has 1 aromatic rings. The van der Waals surface area contributed by atoms with Crippen molar-refractivity contribution < 1.29 is 23.2 Å². The van der Waals surface area contributed by atoms with Gasteiger partial charge in [0.15, 0.2) is 5.69 Å². The second kappa shape index (κ2) is 5.81. The van der Waals surface area contributed by atoms with Gasteiger partial charge in [0.2, 0.25) is 0 Å². The highest BCUT2D eigenvalue weighted by Gasteiger charge is 2.31. The number of carbonyl (C=O) groups is 1. The maximum absolute atomic E-state index is 12.7. The number of hydrogen-bond donors (Lipinski definition) is 0. The van der Waals surface area contributed by atoms with E-state index in [1.807, 2.05) is 0 Å². The van der Waals surface area contributed by atoms with Crippen molar-refractivity contribution in [2.45, 2.75) is 12.8 Å². The van der Waals surface area contributed by atoms with Crippen LogP contribution in [0.3, 0.4) is 0 Å². The summed E-state index contributed by atoms with van der Waals surface area (Å²) in [6, 6.07) is 1.57. The van der Waals surface area contributed by atoms with Gasteiger partial charge in [0.25, 0.3) is 6.43 Å². The van der Waals surface area contributed by atoms with Gasteiger partial charge in [0, 0.05) is 6.20 Å². The molecule has 0 amide bonds. The third kappa shape index (κ3) is 2.98. The van der Waals surface area contributed by atoms with Crippen molar-refractivity contribution in [2.75, 3.05) is 7.11 Å². The molecule has 0 aliphatic heterocycles. The molecule has 0 saturated heterocycles. The van der Waals surface area contributed by atoms with Gasteiger partial charge in [-0.3, -0.25) is 14.9 Å². The van der Waals surface area contributed by atoms with Gasteiger partial charge in [0.05, 0.1) is 29.6 Å². The molecule has 1 rings (SSSR count). The minimum Gasteiger partial charge on any atom is -0.469 e. The van der Waals surface area contributed by atoms with Gasteiger partial charge >= 0.3 is 11.7 Å². The first-order chi connectivity index (χ1) is 8.92. The van der Waals surface area contributed by atoms with E-state index in [2.05, 4.69) is 9.72 Å². The molecule has 0 aromatic carbocycles. The highest BCUT2D eigenvalue weighted by Crippen LogP contribution is 2.32. The molecule has 0 spiro atoms. The van der Waals surface area contributed by atoms with Crippen LogP contribution in [-0.2, 0) is 16.0 Å². The maximum atomic E-state index is 12.7. The zero-order valence-corrected chi connectivity index (χ0v) is 9.59. The molecule has 0 aliphatic rings. The van der Waals surface area contributed by atoms with Crippen LogP contribution in [0.2, 0.25) is 0 Å². The number of rotatable bonds is 4. The SMILES string of the molecule is COC(=O)Cc1c(C#N)cnc(C(F)F)c1[N+](=O)[O-]. The number of esters is 1. The molecule has 0 atom stereocenters. The Morgan fingerprint density at radius 3 is 2.74 bits per heavy atom. The third-order valence-corrected chi connectivity index (χ3v) is 2.24. The van der Waals surface area contributed by atoms with E-state index in [1.165, 1.54) is 0 Å². The summed E-state index contributed by atoms with van der Waals surface area (Å²) in [5, 5.41) is 19.6. The van der Waals surface area contributed by atoms with E-state index in [9.17, 15) is 23.7 Å². The van der Waals surface area contributed by atoms with E-state index >= 15 is 0 Å². The van der Waals surface area contributed by atoms with E-state index in [4.69, 9.17) is 5.26 Å². The minimum absolute atomic E-state index is 0.318. The molecule has 0 aliphatic carbocycles. The summed E-state index contributed by atoms with van der Waals surface area (Å²) in [5.74, 6) is -0.883. The quantitative estimate of drug-likeness (QED) is 0.466. The lowest BCUT2D eigenvalue weighted by atomic mass is 10.0. The van der Waals surface area contributed by atoms with Crippen LogP contribution in [0.4, 0.5) is 14.5 Å². The van der Waals surface area contributed by atoms with E-state index in [1.54, 1.807) is 6.07 Å². The van der Waals surface area contributed by atoms with Gasteiger partial charge in [-0.25, -0.2) is 13.8 Å². The molecule has 0 N–H and O–H groups in total. The summed E-state index contributed by atoms with van der Waals surface area (Å²) in [6.45, 7) is 0. The topological polar surface area (TPSA) is 106 Å². The van der Waals surface area contributed by atoms with E-state index in [0.29, 0.717) is 0 Å². The van der Waals surface area contributed by atoms with Gasteiger partial charge < -0.3 is 4.74 Å². The number of nitrogens with zero attached hydrogens (tertiary/aromatic N) is 3. The van der Waals surface area contributed by atoms with Gasteiger partial charge in [-0.05, 0) is 0 Å². The predicted octanol–water partition coefficient (Wildman–Crippen LogP) is 1.51. The van der Waals surface area contributed by atoms with Crippen LogP contribution in [0.15, 0.2) is 6.20 Å². The zero-order chi connectivity index (χ0) is 14.6. The Morgan fingerprint density at radius 2 is 2.32 bits per heavy atom. The molecular formula is C10H7F2N3O4. The van der Waals surface area contributed by atoms with Crippen LogP contribution in [0.1, 0.15) is 23.2 Å². The second-order valence-corrected chi connectivity index (χ2v) is 3.31. The fraction of sp³-hybridized carbons (Fsp3) is 0.300. The predicted molar refractivity (Wildman–Crippen MR) is 56.3 cm³/mol. The molecule has 1 aromatic heterocycles. The Bertz CT molecular complexity index is 569. The van der Waals surface area contributed by atoms with Crippen molar-refractivity contribution in [1.82, 2.24) is 4.98 Å². The van der Waals surface area contributed by atoms with Gasteiger partial charge in [-0.1, -0.05) is 0 Å². The average Bonchev–Trinajstić information content (AvgIpc) is 2.37. The maximum Gasteiger partial charge on any atom is 0.310 e. The van der Waals surface area contributed by atoms with Crippen LogP contribution in [0.25, 0.3) is 0 Å². The monoisotopic (exact) mass is 271 g/mol. The number of nitriles is 1. The van der Waals surface area contributed by atoms with E-state index in [-0.39, 0.29) is 5.56 Å². The normalized spacial score (nSPS) is 10.1. The van der Waals surface area contributed by atoms with Crippen molar-refractivity contribution >= 4 is 11.7 Å². The van der Waals surface area contributed by atoms with Crippen molar-refractivity contribution in [3.63, 3.8) is 0 Å². The Morgan fingerprint density at radius 1 is 1.68 bits per heavy atom. The summed E-state index contributed by atoms with van der Waals surface area (Å²) in [5.41, 5.74) is -2.85. The van der Waals surface area contributed by atoms with Gasteiger partial charge in [-0.15, -0.1) is 0 Å². The minimum atomic E-state index is -3.19. The second-order valence-electron chi connectivity index (χ2n) is 3.31. The molecular weight excluding hydrogens is 264 g/mol. The first-order valence-corrected chi connectivity index (χ1v) is 4.83. The lowest BCUT2D eigenvalue weighted by molar-refractivity contribution is -0.387. The van der Waals surface area contributed by atoms with Crippen molar-refractivity contribution in [2.24, 2.45) is 0 Å². The number of methoxy groups -OCH3 is 1. The Kier molecular flexibility index (Phi) is 4.41. The number of ether oxygens (including phenoxy) is 1. The molecule has 19 heavy (non-hydrogen) atoms. The molecule has 9 heteroatoms. The van der Waals surface area contributed by atoms with Crippen molar-refractivity contribution in [1.29, 1.82) is 5.26 Å². The number of hydrogen-bond acceptors (Lipinski definition) is 6. The summed E-state index contributed by atoms with van der Waals surface area (Å²) in [7, 11) is 1.04. The molecule has 0 saturated carbocycles. The summed E-state index contributed by atoms with van der Waals surface area (Å²) >= 11 is 0. The number of aromatic nitrogens is 1. The Balaban J connectivity index is 3.53. The number of halogens is 2. The lowest BCUT2D eigenvalue weighted by Crippen LogP contribution is -2.11. The molecule has 0 bridgehead atoms. The number of pyridine rings is 1. The zero-order valence-electron chi connectivity index (χ0n) is 9.59. The van der Waals surface area contributed by atoms with Crippen LogP contribution in [-0.4, -0.2) is 23.0 Å². The highest BCUT2D eigenvalue weighted by molar-refractivity contribution is 5.75. The number of carbonyl (C=O) groups excluding carboxylic acids is 1. The number of nitro groups is 1. The van der Waals surface area contributed by atoms with Gasteiger partial charge in [-0.2, -0.15) is 5.26 Å². The summed E-state index contributed by atoms with van der Waals surface area (Å²) in [4.78, 5) is 24.1. The van der Waals surface area contributed by atoms with Crippen LogP contribution >= 0.6 is 0 Å². The van der Waals surface area contributed by atoms with Gasteiger partial charge in [0.1, 0.15) is 6.07 Å². The standard InChI is InChI=1S/C10H7F2N3O4/c1-19-7(16)2-6-5(3-13)4-14-8(10(11)12)9(6)15(17)18/h4,10H,2H2,1H3. The van der Waals surface area contributed by atoms with Crippen LogP contribution in [0, 0.1) is 21.4 Å². The molecule has 0 radical (unpaired) electrons.